The molecule has 0 spiro atoms. The van der Waals surface area contributed by atoms with Crippen molar-refractivity contribution in [1.29, 1.82) is 0 Å². The Morgan fingerprint density at radius 3 is 2.53 bits per heavy atom. The Kier molecular flexibility index (Phi) is 7.70. The van der Waals surface area contributed by atoms with Crippen LogP contribution in [0.2, 0.25) is 0 Å². The van der Waals surface area contributed by atoms with Crippen molar-refractivity contribution in [2.45, 2.75) is 5.33 Å². The molecule has 0 bridgehead atoms. The van der Waals surface area contributed by atoms with Crippen LogP contribution in [0.15, 0.2) is 24.3 Å². The number of carbonyl (C=O) groups is 1. The van der Waals surface area contributed by atoms with Gasteiger partial charge in [0.15, 0.2) is 0 Å². The van der Waals surface area contributed by atoms with Crippen LogP contribution in [0.25, 0.3) is 0 Å². The van der Waals surface area contributed by atoms with Gasteiger partial charge in [-0.15, -0.1) is 0 Å². The average Bonchev–Trinajstić information content (AvgIpc) is 2.42. The number of rotatable bonds is 8. The first-order valence-electron chi connectivity index (χ1n) is 6.29. The van der Waals surface area contributed by atoms with Crippen LogP contribution < -0.4 is 5.32 Å². The van der Waals surface area contributed by atoms with Crippen molar-refractivity contribution in [2.24, 2.45) is 0 Å². The average molecular weight is 329 g/mol. The zero-order valence-corrected chi connectivity index (χ0v) is 13.1. The largest absolute Gasteiger partial charge is 0.378 e. The number of carbonyl (C=O) groups excluding carboxylic acids is 1. The second-order valence-electron chi connectivity index (χ2n) is 4.50. The number of likely N-dealkylation sites (N-methyl/N-ethyl adjacent to an activating group) is 1. The number of ether oxygens (including phenoxy) is 1. The van der Waals surface area contributed by atoms with Crippen LogP contribution in [0, 0.1) is 0 Å². The second kappa shape index (κ2) is 9.07. The molecule has 0 atom stereocenters. The lowest BCUT2D eigenvalue weighted by Gasteiger charge is -2.10. The third-order valence-corrected chi connectivity index (χ3v) is 3.23. The second-order valence-corrected chi connectivity index (χ2v) is 5.06. The summed E-state index contributed by atoms with van der Waals surface area (Å²) in [6.45, 7) is 2.65. The van der Waals surface area contributed by atoms with E-state index in [1.807, 2.05) is 38.4 Å². The van der Waals surface area contributed by atoms with E-state index in [4.69, 9.17) is 4.74 Å². The van der Waals surface area contributed by atoms with Crippen molar-refractivity contribution >= 4 is 21.8 Å². The van der Waals surface area contributed by atoms with Gasteiger partial charge in [-0.1, -0.05) is 28.1 Å². The first-order chi connectivity index (χ1) is 9.13. The molecule has 0 fully saturated rings. The predicted molar refractivity (Wildman–Crippen MR) is 80.8 cm³/mol. The maximum absolute atomic E-state index is 11.8. The maximum Gasteiger partial charge on any atom is 0.251 e. The number of alkyl halides is 1. The molecule has 0 aliphatic carbocycles. The van der Waals surface area contributed by atoms with E-state index in [1.165, 1.54) is 0 Å². The minimum absolute atomic E-state index is 0.0580. The molecule has 4 nitrogen and oxygen atoms in total. The highest BCUT2D eigenvalue weighted by Gasteiger charge is 2.04. The van der Waals surface area contributed by atoms with Crippen LogP contribution in [0.5, 0.6) is 0 Å². The Bertz CT molecular complexity index is 380. The summed E-state index contributed by atoms with van der Waals surface area (Å²) in [6, 6.07) is 7.55. The predicted octanol–water partition coefficient (Wildman–Crippen LogP) is 1.89. The van der Waals surface area contributed by atoms with Crippen molar-refractivity contribution in [3.8, 4) is 0 Å². The van der Waals surface area contributed by atoms with Gasteiger partial charge < -0.3 is 15.0 Å². The highest BCUT2D eigenvalue weighted by Crippen LogP contribution is 2.07. The number of nitrogens with one attached hydrogen (secondary N) is 1. The van der Waals surface area contributed by atoms with Crippen LogP contribution in [-0.2, 0) is 10.1 Å². The fourth-order valence-corrected chi connectivity index (χ4v) is 1.81. The third kappa shape index (κ3) is 6.71. The molecule has 1 rings (SSSR count). The lowest BCUT2D eigenvalue weighted by atomic mass is 10.1. The fourth-order valence-electron chi connectivity index (χ4n) is 1.43. The van der Waals surface area contributed by atoms with Gasteiger partial charge in [-0.3, -0.25) is 4.79 Å². The van der Waals surface area contributed by atoms with E-state index in [9.17, 15) is 4.79 Å². The van der Waals surface area contributed by atoms with E-state index in [0.29, 0.717) is 25.3 Å². The van der Waals surface area contributed by atoms with E-state index < -0.39 is 0 Å². The first kappa shape index (κ1) is 16.1. The van der Waals surface area contributed by atoms with Gasteiger partial charge in [-0.05, 0) is 31.8 Å². The van der Waals surface area contributed by atoms with Crippen molar-refractivity contribution in [3.63, 3.8) is 0 Å². The van der Waals surface area contributed by atoms with Crippen molar-refractivity contribution < 1.29 is 9.53 Å². The molecular formula is C14H21BrN2O2. The Morgan fingerprint density at radius 2 is 1.95 bits per heavy atom. The van der Waals surface area contributed by atoms with Gasteiger partial charge in [0, 0.05) is 24.0 Å². The summed E-state index contributed by atoms with van der Waals surface area (Å²) in [7, 11) is 4.00. The summed E-state index contributed by atoms with van der Waals surface area (Å²) in [4.78, 5) is 13.9. The van der Waals surface area contributed by atoms with Gasteiger partial charge in [-0.2, -0.15) is 0 Å². The number of benzene rings is 1. The molecule has 0 aliphatic heterocycles. The van der Waals surface area contributed by atoms with Crippen LogP contribution in [0.4, 0.5) is 0 Å². The van der Waals surface area contributed by atoms with E-state index >= 15 is 0 Å². The highest BCUT2D eigenvalue weighted by atomic mass is 79.9. The topological polar surface area (TPSA) is 41.6 Å². The number of halogens is 1. The Morgan fingerprint density at radius 1 is 1.26 bits per heavy atom. The lowest BCUT2D eigenvalue weighted by molar-refractivity contribution is 0.0900. The summed E-state index contributed by atoms with van der Waals surface area (Å²) in [5.74, 6) is -0.0580. The van der Waals surface area contributed by atoms with Crippen molar-refractivity contribution in [2.75, 3.05) is 40.4 Å². The fraction of sp³-hybridized carbons (Fsp3) is 0.500. The Balaban J connectivity index is 2.20. The van der Waals surface area contributed by atoms with Crippen LogP contribution in [0.1, 0.15) is 15.9 Å². The monoisotopic (exact) mass is 328 g/mol. The van der Waals surface area contributed by atoms with Gasteiger partial charge in [0.2, 0.25) is 0 Å². The molecule has 1 aromatic rings. The van der Waals surface area contributed by atoms with E-state index in [1.54, 1.807) is 0 Å². The quantitative estimate of drug-likeness (QED) is 0.585. The minimum atomic E-state index is -0.0580. The molecule has 0 aliphatic rings. The van der Waals surface area contributed by atoms with Gasteiger partial charge >= 0.3 is 0 Å². The molecular weight excluding hydrogens is 308 g/mol. The zero-order chi connectivity index (χ0) is 14.1. The minimum Gasteiger partial charge on any atom is -0.378 e. The van der Waals surface area contributed by atoms with Gasteiger partial charge in [-0.25, -0.2) is 0 Å². The van der Waals surface area contributed by atoms with Crippen molar-refractivity contribution in [3.05, 3.63) is 35.4 Å². The molecule has 1 aromatic carbocycles. The van der Waals surface area contributed by atoms with Crippen LogP contribution in [-0.4, -0.2) is 51.2 Å². The molecule has 0 saturated heterocycles. The van der Waals surface area contributed by atoms with Gasteiger partial charge in [0.1, 0.15) is 0 Å². The molecule has 106 valence electrons. The smallest absolute Gasteiger partial charge is 0.251 e. The molecule has 19 heavy (non-hydrogen) atoms. The molecule has 1 amide bonds. The standard InChI is InChI=1S/C14H21BrN2O2/c1-17(2)8-10-19-9-7-16-14(18)13-5-3-12(11-15)4-6-13/h3-6H,7-11H2,1-2H3,(H,16,18). The summed E-state index contributed by atoms with van der Waals surface area (Å²) >= 11 is 3.37. The maximum atomic E-state index is 11.8. The van der Waals surface area contributed by atoms with Gasteiger partial charge in [0.05, 0.1) is 13.2 Å². The molecule has 5 heteroatoms. The summed E-state index contributed by atoms with van der Waals surface area (Å²) in [5.41, 5.74) is 1.83. The Hall–Kier alpha value is -0.910. The SMILES string of the molecule is CN(C)CCOCCNC(=O)c1ccc(CBr)cc1. The highest BCUT2D eigenvalue weighted by molar-refractivity contribution is 9.08. The summed E-state index contributed by atoms with van der Waals surface area (Å²) < 4.78 is 5.40. The number of nitrogens with zero attached hydrogens (tertiary/aromatic N) is 1. The number of amides is 1. The molecule has 1 N–H and O–H groups in total. The number of hydrogen-bond acceptors (Lipinski definition) is 3. The van der Waals surface area contributed by atoms with E-state index in [2.05, 4.69) is 26.1 Å². The lowest BCUT2D eigenvalue weighted by Crippen LogP contribution is -2.28. The molecule has 0 aromatic heterocycles. The molecule has 0 heterocycles. The number of hydrogen-bond donors (Lipinski definition) is 1. The summed E-state index contributed by atoms with van der Waals surface area (Å²) in [6.07, 6.45) is 0. The molecule has 0 radical (unpaired) electrons. The zero-order valence-electron chi connectivity index (χ0n) is 11.5. The third-order valence-electron chi connectivity index (χ3n) is 2.59. The van der Waals surface area contributed by atoms with E-state index in [-0.39, 0.29) is 5.91 Å². The first-order valence-corrected chi connectivity index (χ1v) is 7.41. The molecule has 0 unspecified atom stereocenters. The van der Waals surface area contributed by atoms with E-state index in [0.717, 1.165) is 17.4 Å². The molecule has 0 saturated carbocycles. The Labute approximate surface area is 123 Å². The summed E-state index contributed by atoms with van der Waals surface area (Å²) in [5, 5.41) is 3.64. The van der Waals surface area contributed by atoms with Crippen LogP contribution >= 0.6 is 15.9 Å². The normalized spacial score (nSPS) is 10.7. The van der Waals surface area contributed by atoms with Gasteiger partial charge in [0.25, 0.3) is 5.91 Å². The van der Waals surface area contributed by atoms with Crippen molar-refractivity contribution in [1.82, 2.24) is 10.2 Å². The van der Waals surface area contributed by atoms with Crippen LogP contribution in [0.3, 0.4) is 0 Å².